The summed E-state index contributed by atoms with van der Waals surface area (Å²) in [6.45, 7) is 8.44. The number of aliphatic hydroxyl groups is 2. The first-order chi connectivity index (χ1) is 7.36. The van der Waals surface area contributed by atoms with Crippen molar-refractivity contribution >= 4 is 11.9 Å². The van der Waals surface area contributed by atoms with E-state index in [4.69, 9.17) is 10.2 Å². The molecule has 6 heteroatoms. The fourth-order valence-electron chi connectivity index (χ4n) is 0.364. The van der Waals surface area contributed by atoms with Gasteiger partial charge in [0, 0.05) is 11.1 Å². The van der Waals surface area contributed by atoms with Crippen molar-refractivity contribution in [2.75, 3.05) is 13.6 Å². The lowest BCUT2D eigenvalue weighted by Crippen LogP contribution is -2.04. The summed E-state index contributed by atoms with van der Waals surface area (Å²) in [7, 11) is 0. The highest BCUT2D eigenvalue weighted by molar-refractivity contribution is 5.87. The van der Waals surface area contributed by atoms with Crippen LogP contribution in [0.3, 0.4) is 0 Å². The number of hydrogen-bond acceptors (Lipinski definition) is 6. The van der Waals surface area contributed by atoms with E-state index < -0.39 is 25.5 Å². The molecule has 0 spiro atoms. The van der Waals surface area contributed by atoms with Crippen LogP contribution < -0.4 is 0 Å². The molecule has 2 N–H and O–H groups in total. The summed E-state index contributed by atoms with van der Waals surface area (Å²) in [5.41, 5.74) is 0.582. The van der Waals surface area contributed by atoms with E-state index in [1.54, 1.807) is 0 Å². The molecule has 0 saturated carbocycles. The minimum absolute atomic E-state index is 0.291. The van der Waals surface area contributed by atoms with Crippen LogP contribution >= 0.6 is 0 Å². The van der Waals surface area contributed by atoms with Crippen molar-refractivity contribution in [2.24, 2.45) is 0 Å². The number of rotatable bonds is 4. The van der Waals surface area contributed by atoms with Crippen molar-refractivity contribution in [1.82, 2.24) is 0 Å². The summed E-state index contributed by atoms with van der Waals surface area (Å²) < 4.78 is 8.24. The van der Waals surface area contributed by atoms with Crippen LogP contribution in [-0.2, 0) is 19.1 Å². The Morgan fingerprint density at radius 3 is 1.25 bits per heavy atom. The van der Waals surface area contributed by atoms with Crippen LogP contribution in [0.1, 0.15) is 13.8 Å². The zero-order valence-corrected chi connectivity index (χ0v) is 9.36. The van der Waals surface area contributed by atoms with Crippen molar-refractivity contribution in [1.29, 1.82) is 0 Å². The van der Waals surface area contributed by atoms with E-state index >= 15 is 0 Å². The summed E-state index contributed by atoms with van der Waals surface area (Å²) in [6, 6.07) is 0. The minimum atomic E-state index is -0.578. The number of ether oxygens (including phenoxy) is 2. The third kappa shape index (κ3) is 10.4. The number of aliphatic hydroxyl groups excluding tert-OH is 2. The molecule has 0 unspecified atom stereocenters. The molecule has 0 radical (unpaired) electrons. The van der Waals surface area contributed by atoms with Gasteiger partial charge in [-0.05, 0) is 13.8 Å². The lowest BCUT2D eigenvalue weighted by molar-refractivity contribution is -0.147. The van der Waals surface area contributed by atoms with Crippen molar-refractivity contribution in [3.05, 3.63) is 24.3 Å². The topological polar surface area (TPSA) is 93.1 Å². The largest absolute Gasteiger partial charge is 0.435 e. The highest BCUT2D eigenvalue weighted by Gasteiger charge is 1.99. The zero-order chi connectivity index (χ0) is 13.1. The van der Waals surface area contributed by atoms with Gasteiger partial charge >= 0.3 is 11.9 Å². The number of esters is 2. The molecule has 0 heterocycles. The number of hydrogen-bond donors (Lipinski definition) is 2. The Hall–Kier alpha value is -1.66. The lowest BCUT2D eigenvalue weighted by Gasteiger charge is -1.95. The molecule has 6 nitrogen and oxygen atoms in total. The van der Waals surface area contributed by atoms with Crippen LogP contribution in [0.5, 0.6) is 0 Å². The monoisotopic (exact) mass is 232 g/mol. The van der Waals surface area contributed by atoms with Gasteiger partial charge in [-0.1, -0.05) is 13.2 Å². The maximum atomic E-state index is 10.3. The summed E-state index contributed by atoms with van der Waals surface area (Å²) in [5.74, 6) is -1.12. The predicted molar refractivity (Wildman–Crippen MR) is 56.0 cm³/mol. The second-order valence-corrected chi connectivity index (χ2v) is 2.68. The average molecular weight is 232 g/mol. The van der Waals surface area contributed by atoms with E-state index in [2.05, 4.69) is 22.6 Å². The van der Waals surface area contributed by atoms with Crippen LogP contribution in [0.4, 0.5) is 0 Å². The van der Waals surface area contributed by atoms with E-state index in [0.29, 0.717) is 11.1 Å². The van der Waals surface area contributed by atoms with Crippen LogP contribution in [0.15, 0.2) is 24.3 Å². The Morgan fingerprint density at radius 2 is 1.19 bits per heavy atom. The highest BCUT2D eigenvalue weighted by Crippen LogP contribution is 1.89. The maximum absolute atomic E-state index is 10.3. The number of carbonyl (C=O) groups is 2. The average Bonchev–Trinajstić information content (AvgIpc) is 2.19. The third-order valence-electron chi connectivity index (χ3n) is 1.09. The van der Waals surface area contributed by atoms with E-state index in [0.717, 1.165) is 0 Å². The second-order valence-electron chi connectivity index (χ2n) is 2.68. The number of carbonyl (C=O) groups excluding carboxylic acids is 2. The van der Waals surface area contributed by atoms with Gasteiger partial charge in [-0.2, -0.15) is 0 Å². The van der Waals surface area contributed by atoms with Gasteiger partial charge in [0.05, 0.1) is 0 Å². The standard InChI is InChI=1S/2C5H8O3/c2*1-4(2)5(7)8-3-6/h2*6H,1,3H2,2H3. The van der Waals surface area contributed by atoms with Crippen molar-refractivity contribution < 1.29 is 29.3 Å². The molecule has 16 heavy (non-hydrogen) atoms. The first-order valence-electron chi connectivity index (χ1n) is 4.23. The summed E-state index contributed by atoms with van der Waals surface area (Å²) in [4.78, 5) is 20.5. The van der Waals surface area contributed by atoms with Gasteiger partial charge in [-0.15, -0.1) is 0 Å². The lowest BCUT2D eigenvalue weighted by atomic mass is 10.4. The molecule has 0 amide bonds. The first kappa shape index (κ1) is 16.8. The molecule has 0 fully saturated rings. The molecular formula is C10H16O6. The molecule has 0 atom stereocenters. The van der Waals surface area contributed by atoms with E-state index in [-0.39, 0.29) is 0 Å². The highest BCUT2D eigenvalue weighted by atomic mass is 16.6. The third-order valence-corrected chi connectivity index (χ3v) is 1.09. The van der Waals surface area contributed by atoms with Gasteiger partial charge in [0.15, 0.2) is 13.6 Å². The molecule has 0 aliphatic rings. The minimum Gasteiger partial charge on any atom is -0.435 e. The van der Waals surface area contributed by atoms with Crippen LogP contribution in [0.2, 0.25) is 0 Å². The van der Waals surface area contributed by atoms with Gasteiger partial charge in [0.2, 0.25) is 0 Å². The van der Waals surface area contributed by atoms with Gasteiger partial charge in [-0.3, -0.25) is 0 Å². The molecule has 0 aliphatic carbocycles. The molecular weight excluding hydrogens is 216 g/mol. The van der Waals surface area contributed by atoms with Gasteiger partial charge in [-0.25, -0.2) is 9.59 Å². The van der Waals surface area contributed by atoms with Crippen molar-refractivity contribution in [3.63, 3.8) is 0 Å². The first-order valence-corrected chi connectivity index (χ1v) is 4.23. The molecule has 0 bridgehead atoms. The molecule has 0 aliphatic heterocycles. The fraction of sp³-hybridized carbons (Fsp3) is 0.400. The Bertz CT molecular complexity index is 240. The Morgan fingerprint density at radius 1 is 0.938 bits per heavy atom. The van der Waals surface area contributed by atoms with Gasteiger partial charge in [0.1, 0.15) is 0 Å². The van der Waals surface area contributed by atoms with Crippen LogP contribution in [0, 0.1) is 0 Å². The van der Waals surface area contributed by atoms with Gasteiger partial charge < -0.3 is 19.7 Å². The van der Waals surface area contributed by atoms with Gasteiger partial charge in [0.25, 0.3) is 0 Å². The summed E-state index contributed by atoms with van der Waals surface area (Å²) in [5, 5.41) is 16.0. The van der Waals surface area contributed by atoms with Crippen LogP contribution in [-0.4, -0.2) is 35.7 Å². The SMILES string of the molecule is C=C(C)C(=O)OCO.C=C(C)C(=O)OCO. The van der Waals surface area contributed by atoms with E-state index in [1.165, 1.54) is 13.8 Å². The quantitative estimate of drug-likeness (QED) is 0.406. The fourth-order valence-corrected chi connectivity index (χ4v) is 0.364. The Labute approximate surface area is 93.8 Å². The van der Waals surface area contributed by atoms with Crippen molar-refractivity contribution in [3.8, 4) is 0 Å². The zero-order valence-electron chi connectivity index (χ0n) is 9.36. The molecule has 92 valence electrons. The smallest absolute Gasteiger partial charge is 0.335 e. The molecule has 0 aromatic heterocycles. The summed E-state index contributed by atoms with van der Waals surface area (Å²) in [6.07, 6.45) is 0. The van der Waals surface area contributed by atoms with Crippen molar-refractivity contribution in [2.45, 2.75) is 13.8 Å². The second kappa shape index (κ2) is 9.88. The Kier molecular flexibility index (Phi) is 10.3. The maximum Gasteiger partial charge on any atom is 0.335 e. The normalized spacial score (nSPS) is 8.25. The Balaban J connectivity index is 0. The summed E-state index contributed by atoms with van der Waals surface area (Å²) >= 11 is 0. The predicted octanol–water partition coefficient (Wildman–Crippen LogP) is 0.111. The molecule has 0 saturated heterocycles. The van der Waals surface area contributed by atoms with E-state index in [1.807, 2.05) is 0 Å². The molecule has 0 aromatic rings. The molecule has 0 rings (SSSR count). The van der Waals surface area contributed by atoms with E-state index in [9.17, 15) is 9.59 Å². The molecule has 0 aromatic carbocycles. The van der Waals surface area contributed by atoms with Crippen LogP contribution in [0.25, 0.3) is 0 Å².